The van der Waals surface area contributed by atoms with Crippen molar-refractivity contribution in [3.05, 3.63) is 78.4 Å². The molecule has 0 saturated carbocycles. The maximum Gasteiger partial charge on any atom is 0.284 e. The van der Waals surface area contributed by atoms with Crippen LogP contribution in [0.5, 0.6) is 0 Å². The van der Waals surface area contributed by atoms with Crippen molar-refractivity contribution in [3.8, 4) is 0 Å². The summed E-state index contributed by atoms with van der Waals surface area (Å²) in [4.78, 5) is 31.2. The molecule has 5 nitrogen and oxygen atoms in total. The van der Waals surface area contributed by atoms with Gasteiger partial charge in [-0.05, 0) is 37.4 Å². The molecule has 1 N–H and O–H groups in total. The summed E-state index contributed by atoms with van der Waals surface area (Å²) >= 11 is 0. The van der Waals surface area contributed by atoms with Crippen LogP contribution in [0.25, 0.3) is 10.8 Å². The lowest BCUT2D eigenvalue weighted by Gasteiger charge is -2.36. The average molecular weight is 417 g/mol. The van der Waals surface area contributed by atoms with Crippen molar-refractivity contribution in [2.75, 3.05) is 37.6 Å². The molecule has 3 aromatic rings. The van der Waals surface area contributed by atoms with Gasteiger partial charge < -0.3 is 14.7 Å². The van der Waals surface area contributed by atoms with Gasteiger partial charge in [-0.3, -0.25) is 9.59 Å². The van der Waals surface area contributed by atoms with Gasteiger partial charge in [0.2, 0.25) is 0 Å². The fraction of sp³-hybridized carbons (Fsp3) is 0.308. The largest absolute Gasteiger partial charge is 0.327 e. The van der Waals surface area contributed by atoms with Gasteiger partial charge in [-0.15, -0.1) is 0 Å². The Hall–Kier alpha value is -3.18. The highest BCUT2D eigenvalue weighted by Gasteiger charge is 2.33. The van der Waals surface area contributed by atoms with E-state index in [2.05, 4.69) is 18.2 Å². The molecule has 1 atom stereocenters. The molecule has 1 saturated heterocycles. The van der Waals surface area contributed by atoms with E-state index in [1.54, 1.807) is 0 Å². The molecule has 0 aliphatic carbocycles. The number of nitrogens with one attached hydrogen (secondary N) is 1. The van der Waals surface area contributed by atoms with E-state index < -0.39 is 0 Å². The van der Waals surface area contributed by atoms with Gasteiger partial charge in [0.1, 0.15) is 0 Å². The highest BCUT2D eigenvalue weighted by molar-refractivity contribution is 6.05. The number of rotatable bonds is 5. The monoisotopic (exact) mass is 416 g/mol. The van der Waals surface area contributed by atoms with Gasteiger partial charge >= 0.3 is 0 Å². The second-order valence-electron chi connectivity index (χ2n) is 8.12. The van der Waals surface area contributed by atoms with Crippen molar-refractivity contribution >= 4 is 28.3 Å². The van der Waals surface area contributed by atoms with E-state index in [1.165, 1.54) is 4.90 Å². The molecule has 0 aromatic heterocycles. The van der Waals surface area contributed by atoms with Crippen molar-refractivity contribution in [3.63, 3.8) is 0 Å². The summed E-state index contributed by atoms with van der Waals surface area (Å²) in [5.74, 6) is 0.209. The van der Waals surface area contributed by atoms with Crippen LogP contribution in [0.3, 0.4) is 0 Å². The van der Waals surface area contributed by atoms with Gasteiger partial charge in [0.15, 0.2) is 6.04 Å². The minimum atomic E-state index is -0.159. The van der Waals surface area contributed by atoms with Gasteiger partial charge in [-0.25, -0.2) is 0 Å². The Labute approximate surface area is 183 Å². The van der Waals surface area contributed by atoms with Gasteiger partial charge in [0.05, 0.1) is 31.9 Å². The Balaban J connectivity index is 1.45. The molecular formula is C26H30N3O2+. The van der Waals surface area contributed by atoms with Crippen LogP contribution in [0.2, 0.25) is 0 Å². The predicted octanol–water partition coefficient (Wildman–Crippen LogP) is 2.62. The number of amides is 2. The molecule has 3 aromatic carbocycles. The lowest BCUT2D eigenvalue weighted by atomic mass is 10.1. The number of piperazine rings is 1. The molecule has 1 fully saturated rings. The zero-order valence-electron chi connectivity index (χ0n) is 18.3. The van der Waals surface area contributed by atoms with Crippen molar-refractivity contribution in [2.24, 2.45) is 0 Å². The molecule has 0 bridgehead atoms. The first-order valence-corrected chi connectivity index (χ1v) is 11.1. The summed E-state index contributed by atoms with van der Waals surface area (Å²) in [5.41, 5.74) is 1.69. The number of quaternary nitrogens is 1. The van der Waals surface area contributed by atoms with Crippen LogP contribution in [0.1, 0.15) is 24.2 Å². The minimum absolute atomic E-state index is 0.0737. The van der Waals surface area contributed by atoms with Crippen molar-refractivity contribution < 1.29 is 14.5 Å². The van der Waals surface area contributed by atoms with E-state index in [0.29, 0.717) is 19.6 Å². The number of hydrogen-bond acceptors (Lipinski definition) is 2. The topological polar surface area (TPSA) is 45.1 Å². The van der Waals surface area contributed by atoms with E-state index >= 15 is 0 Å². The summed E-state index contributed by atoms with van der Waals surface area (Å²) in [6, 6.07) is 23.6. The Morgan fingerprint density at radius 1 is 0.935 bits per heavy atom. The first-order valence-electron chi connectivity index (χ1n) is 11.1. The predicted molar refractivity (Wildman–Crippen MR) is 124 cm³/mol. The first kappa shape index (κ1) is 21.1. The van der Waals surface area contributed by atoms with Gasteiger partial charge in [-0.2, -0.15) is 0 Å². The van der Waals surface area contributed by atoms with Crippen LogP contribution in [0.15, 0.2) is 72.8 Å². The number of likely N-dealkylation sites (N-methyl/N-ethyl adjacent to an activating group) is 1. The molecule has 0 radical (unpaired) electrons. The normalized spacial score (nSPS) is 15.6. The number of anilines is 1. The average Bonchev–Trinajstić information content (AvgIpc) is 2.84. The van der Waals surface area contributed by atoms with E-state index in [9.17, 15) is 9.59 Å². The standard InChI is InChI=1S/C26H29N3O2/c1-3-29(24-15-9-13-21-10-7-8-14-23(21)24)25(30)20(2)27-16-18-28(19-17-27)26(31)22-11-5-4-6-12-22/h4-15,20H,3,16-19H2,1-2H3/p+1/t20-/m1/s1. The molecule has 1 aliphatic heterocycles. The van der Waals surface area contributed by atoms with Crippen LogP contribution in [-0.4, -0.2) is 55.5 Å². The molecule has 1 heterocycles. The Kier molecular flexibility index (Phi) is 6.33. The van der Waals surface area contributed by atoms with Crippen LogP contribution in [-0.2, 0) is 4.79 Å². The summed E-state index contributed by atoms with van der Waals surface area (Å²) in [6.07, 6.45) is 0. The molecule has 0 unspecified atom stereocenters. The third-order valence-electron chi connectivity index (χ3n) is 6.34. The van der Waals surface area contributed by atoms with Crippen molar-refractivity contribution in [2.45, 2.75) is 19.9 Å². The van der Waals surface area contributed by atoms with Gasteiger partial charge in [-0.1, -0.05) is 54.6 Å². The number of hydrogen-bond donors (Lipinski definition) is 1. The van der Waals surface area contributed by atoms with Gasteiger partial charge in [0, 0.05) is 17.5 Å². The second kappa shape index (κ2) is 9.31. The molecule has 4 rings (SSSR count). The maximum atomic E-state index is 13.5. The third-order valence-corrected chi connectivity index (χ3v) is 6.34. The zero-order valence-corrected chi connectivity index (χ0v) is 18.3. The first-order chi connectivity index (χ1) is 15.1. The maximum absolute atomic E-state index is 13.5. The highest BCUT2D eigenvalue weighted by Crippen LogP contribution is 2.27. The molecule has 5 heteroatoms. The lowest BCUT2D eigenvalue weighted by Crippen LogP contribution is -3.19. The molecular weight excluding hydrogens is 386 g/mol. The van der Waals surface area contributed by atoms with E-state index in [-0.39, 0.29) is 17.9 Å². The molecule has 1 aliphatic rings. The lowest BCUT2D eigenvalue weighted by molar-refractivity contribution is -0.917. The van der Waals surface area contributed by atoms with Crippen molar-refractivity contribution in [1.29, 1.82) is 0 Å². The molecule has 0 spiro atoms. The summed E-state index contributed by atoms with van der Waals surface area (Å²) in [6.45, 7) is 7.56. The van der Waals surface area contributed by atoms with E-state index in [4.69, 9.17) is 0 Å². The van der Waals surface area contributed by atoms with Crippen molar-refractivity contribution in [1.82, 2.24) is 4.90 Å². The number of carbonyl (C=O) groups is 2. The molecule has 31 heavy (non-hydrogen) atoms. The summed E-state index contributed by atoms with van der Waals surface area (Å²) in [7, 11) is 0. The van der Waals surface area contributed by atoms with Gasteiger partial charge in [0.25, 0.3) is 11.8 Å². The Morgan fingerprint density at radius 2 is 1.58 bits per heavy atom. The van der Waals surface area contributed by atoms with Crippen LogP contribution >= 0.6 is 0 Å². The number of carbonyl (C=O) groups excluding carboxylic acids is 2. The SMILES string of the molecule is CCN(C(=O)[C@@H](C)[NH+]1CCN(C(=O)c2ccccc2)CC1)c1cccc2ccccc12. The Morgan fingerprint density at radius 3 is 2.29 bits per heavy atom. The minimum Gasteiger partial charge on any atom is -0.327 e. The highest BCUT2D eigenvalue weighted by atomic mass is 16.2. The van der Waals surface area contributed by atoms with E-state index in [1.807, 2.05) is 78.2 Å². The zero-order chi connectivity index (χ0) is 21.8. The summed E-state index contributed by atoms with van der Waals surface area (Å²) in [5, 5.41) is 2.24. The summed E-state index contributed by atoms with van der Waals surface area (Å²) < 4.78 is 0. The number of fused-ring (bicyclic) bond motifs is 1. The fourth-order valence-electron chi connectivity index (χ4n) is 4.49. The molecule has 160 valence electrons. The fourth-order valence-corrected chi connectivity index (χ4v) is 4.49. The Bertz CT molecular complexity index is 1050. The third kappa shape index (κ3) is 4.32. The molecule has 2 amide bonds. The van der Waals surface area contributed by atoms with Crippen LogP contribution in [0, 0.1) is 0 Å². The van der Waals surface area contributed by atoms with Crippen LogP contribution in [0.4, 0.5) is 5.69 Å². The number of benzene rings is 3. The second-order valence-corrected chi connectivity index (χ2v) is 8.12. The quantitative estimate of drug-likeness (QED) is 0.695. The van der Waals surface area contributed by atoms with E-state index in [0.717, 1.165) is 35.1 Å². The number of nitrogens with zero attached hydrogens (tertiary/aromatic N) is 2. The smallest absolute Gasteiger partial charge is 0.284 e. The van der Waals surface area contributed by atoms with Crippen LogP contribution < -0.4 is 9.80 Å².